The fraction of sp³-hybridized carbons (Fsp3) is 0.385. The van der Waals surface area contributed by atoms with Crippen LogP contribution in [0.3, 0.4) is 0 Å². The molecule has 0 amide bonds. The largest absolute Gasteiger partial charge is 0.462 e. The van der Waals surface area contributed by atoms with Gasteiger partial charge in [-0.05, 0) is 53.7 Å². The summed E-state index contributed by atoms with van der Waals surface area (Å²) in [6, 6.07) is 6.22. The lowest BCUT2D eigenvalue weighted by Crippen LogP contribution is -2.15. The van der Waals surface area contributed by atoms with Crippen LogP contribution in [-0.2, 0) is 11.3 Å². The molecule has 2 aromatic heterocycles. The molecule has 18 heavy (non-hydrogen) atoms. The predicted molar refractivity (Wildman–Crippen MR) is 77.1 cm³/mol. The second kappa shape index (κ2) is 6.02. The average Bonchev–Trinajstić information content (AvgIpc) is 2.90. The molecule has 2 heterocycles. The third-order valence-electron chi connectivity index (χ3n) is 2.70. The van der Waals surface area contributed by atoms with Gasteiger partial charge in [-0.25, -0.2) is 0 Å². The van der Waals surface area contributed by atoms with Gasteiger partial charge in [-0.15, -0.1) is 11.3 Å². The Morgan fingerprint density at radius 3 is 2.83 bits per heavy atom. The number of furan rings is 1. The van der Waals surface area contributed by atoms with Gasteiger partial charge in [0.1, 0.15) is 24.2 Å². The van der Waals surface area contributed by atoms with Crippen LogP contribution in [0.25, 0.3) is 0 Å². The molecule has 0 fully saturated rings. The molecule has 0 aliphatic heterocycles. The highest BCUT2D eigenvalue weighted by Gasteiger charge is 2.19. The van der Waals surface area contributed by atoms with Crippen molar-refractivity contribution in [2.75, 3.05) is 14.2 Å². The van der Waals surface area contributed by atoms with E-state index in [9.17, 15) is 0 Å². The monoisotopic (exact) mass is 329 g/mol. The van der Waals surface area contributed by atoms with Gasteiger partial charge in [0.05, 0.1) is 3.79 Å². The highest BCUT2D eigenvalue weighted by Crippen LogP contribution is 2.34. The maximum absolute atomic E-state index is 5.78. The normalized spacial score (nSPS) is 12.9. The molecule has 0 aliphatic carbocycles. The number of hydrogen-bond donors (Lipinski definition) is 1. The third-order valence-corrected chi connectivity index (χ3v) is 4.90. The Balaban J connectivity index is 2.26. The molecule has 98 valence electrons. The number of hydrogen-bond acceptors (Lipinski definition) is 4. The van der Waals surface area contributed by atoms with Crippen LogP contribution in [0.1, 0.15) is 28.0 Å². The van der Waals surface area contributed by atoms with Crippen LogP contribution < -0.4 is 5.32 Å². The molecule has 3 nitrogen and oxygen atoms in total. The second-order valence-electron chi connectivity index (χ2n) is 4.06. The molecule has 2 rings (SSSR count). The van der Waals surface area contributed by atoms with Crippen LogP contribution in [0.15, 0.2) is 26.4 Å². The summed E-state index contributed by atoms with van der Waals surface area (Å²) in [4.78, 5) is 1.24. The van der Waals surface area contributed by atoms with Crippen molar-refractivity contribution in [1.29, 1.82) is 0 Å². The highest BCUT2D eigenvalue weighted by molar-refractivity contribution is 9.11. The van der Waals surface area contributed by atoms with Gasteiger partial charge < -0.3 is 14.5 Å². The number of methoxy groups -OCH3 is 1. The molecule has 0 saturated heterocycles. The molecule has 0 radical (unpaired) electrons. The van der Waals surface area contributed by atoms with Crippen LogP contribution in [0.5, 0.6) is 0 Å². The molecule has 0 saturated carbocycles. The first-order chi connectivity index (χ1) is 8.65. The summed E-state index contributed by atoms with van der Waals surface area (Å²) < 4.78 is 12.0. The summed E-state index contributed by atoms with van der Waals surface area (Å²) in [6.07, 6.45) is 0. The van der Waals surface area contributed by atoms with Crippen molar-refractivity contribution in [2.45, 2.75) is 19.6 Å². The van der Waals surface area contributed by atoms with Gasteiger partial charge in [-0.1, -0.05) is 0 Å². The van der Waals surface area contributed by atoms with E-state index in [0.717, 1.165) is 11.5 Å². The van der Waals surface area contributed by atoms with Crippen molar-refractivity contribution < 1.29 is 9.15 Å². The van der Waals surface area contributed by atoms with Crippen LogP contribution >= 0.6 is 27.3 Å². The van der Waals surface area contributed by atoms with E-state index in [1.807, 2.05) is 19.2 Å². The minimum Gasteiger partial charge on any atom is -0.462 e. The summed E-state index contributed by atoms with van der Waals surface area (Å²) in [5.41, 5.74) is 1.25. The zero-order chi connectivity index (χ0) is 13.1. The SMILES string of the molecule is CNC(c1ccc(COC)o1)c1cc(C)c(Br)s1. The van der Waals surface area contributed by atoms with Gasteiger partial charge in [-0.2, -0.15) is 0 Å². The molecule has 1 unspecified atom stereocenters. The van der Waals surface area contributed by atoms with Crippen molar-refractivity contribution in [2.24, 2.45) is 0 Å². The quantitative estimate of drug-likeness (QED) is 0.904. The Hall–Kier alpha value is -0.620. The molecule has 5 heteroatoms. The van der Waals surface area contributed by atoms with E-state index >= 15 is 0 Å². The van der Waals surface area contributed by atoms with Gasteiger partial charge >= 0.3 is 0 Å². The summed E-state index contributed by atoms with van der Waals surface area (Å²) >= 11 is 5.28. The standard InChI is InChI=1S/C13H16BrNO2S/c1-8-6-11(18-13(8)14)12(15-2)10-5-4-9(17-10)7-16-3/h4-6,12,15H,7H2,1-3H3. The van der Waals surface area contributed by atoms with Crippen molar-refractivity contribution in [1.82, 2.24) is 5.32 Å². The van der Waals surface area contributed by atoms with E-state index in [0.29, 0.717) is 6.61 Å². The van der Waals surface area contributed by atoms with Gasteiger partial charge in [0.25, 0.3) is 0 Å². The summed E-state index contributed by atoms with van der Waals surface area (Å²) in [5, 5.41) is 3.29. The Morgan fingerprint density at radius 2 is 2.28 bits per heavy atom. The first-order valence-electron chi connectivity index (χ1n) is 5.66. The summed E-state index contributed by atoms with van der Waals surface area (Å²) in [5.74, 6) is 1.76. The Morgan fingerprint density at radius 1 is 1.50 bits per heavy atom. The van der Waals surface area contributed by atoms with Crippen molar-refractivity contribution in [3.63, 3.8) is 0 Å². The smallest absolute Gasteiger partial charge is 0.129 e. The average molecular weight is 330 g/mol. The lowest BCUT2D eigenvalue weighted by atomic mass is 10.2. The van der Waals surface area contributed by atoms with E-state index < -0.39 is 0 Å². The maximum Gasteiger partial charge on any atom is 0.129 e. The van der Waals surface area contributed by atoms with E-state index in [2.05, 4.69) is 34.2 Å². The minimum absolute atomic E-state index is 0.0885. The third kappa shape index (κ3) is 2.85. The Bertz CT molecular complexity index is 501. The molecule has 0 bridgehead atoms. The Kier molecular flexibility index (Phi) is 4.61. The maximum atomic E-state index is 5.78. The zero-order valence-corrected chi connectivity index (χ0v) is 13.0. The van der Waals surface area contributed by atoms with E-state index in [-0.39, 0.29) is 6.04 Å². The van der Waals surface area contributed by atoms with Crippen LogP contribution in [0, 0.1) is 6.92 Å². The fourth-order valence-electron chi connectivity index (χ4n) is 1.82. The van der Waals surface area contributed by atoms with E-state index in [4.69, 9.17) is 9.15 Å². The van der Waals surface area contributed by atoms with Gasteiger partial charge in [0.15, 0.2) is 0 Å². The highest BCUT2D eigenvalue weighted by atomic mass is 79.9. The van der Waals surface area contributed by atoms with Crippen molar-refractivity contribution >= 4 is 27.3 Å². The van der Waals surface area contributed by atoms with E-state index in [1.165, 1.54) is 14.2 Å². The van der Waals surface area contributed by atoms with Crippen LogP contribution in [0.2, 0.25) is 0 Å². The first-order valence-corrected chi connectivity index (χ1v) is 7.27. The number of halogens is 1. The number of thiophene rings is 1. The van der Waals surface area contributed by atoms with Gasteiger partial charge in [-0.3, -0.25) is 0 Å². The van der Waals surface area contributed by atoms with Gasteiger partial charge in [0, 0.05) is 12.0 Å². The number of ether oxygens (including phenoxy) is 1. The molecule has 1 N–H and O–H groups in total. The van der Waals surface area contributed by atoms with Crippen molar-refractivity contribution in [3.8, 4) is 0 Å². The lowest BCUT2D eigenvalue weighted by molar-refractivity contribution is 0.162. The van der Waals surface area contributed by atoms with Crippen molar-refractivity contribution in [3.05, 3.63) is 43.9 Å². The van der Waals surface area contributed by atoms with Gasteiger partial charge in [0.2, 0.25) is 0 Å². The summed E-state index contributed by atoms with van der Waals surface area (Å²) in [6.45, 7) is 2.60. The molecule has 1 atom stereocenters. The number of rotatable bonds is 5. The van der Waals surface area contributed by atoms with E-state index in [1.54, 1.807) is 18.4 Å². The predicted octanol–water partition coefficient (Wildman–Crippen LogP) is 3.87. The van der Waals surface area contributed by atoms with Crippen LogP contribution in [0.4, 0.5) is 0 Å². The number of nitrogens with one attached hydrogen (secondary N) is 1. The first kappa shape index (κ1) is 13.8. The number of aryl methyl sites for hydroxylation is 1. The molecular weight excluding hydrogens is 314 g/mol. The zero-order valence-electron chi connectivity index (χ0n) is 10.6. The Labute approximate surface area is 119 Å². The summed E-state index contributed by atoms with van der Waals surface area (Å²) in [7, 11) is 3.60. The lowest BCUT2D eigenvalue weighted by Gasteiger charge is -2.11. The topological polar surface area (TPSA) is 34.4 Å². The fourth-order valence-corrected chi connectivity index (χ4v) is 3.51. The molecule has 0 aromatic carbocycles. The molecule has 2 aromatic rings. The van der Waals surface area contributed by atoms with Crippen LogP contribution in [-0.4, -0.2) is 14.2 Å². The minimum atomic E-state index is 0.0885. The molecule has 0 aliphatic rings. The second-order valence-corrected chi connectivity index (χ2v) is 6.47. The molecular formula is C13H16BrNO2S. The molecule has 0 spiro atoms.